The number of halogens is 2. The molecule has 1 saturated heterocycles. The number of hydrogen-bond acceptors (Lipinski definition) is 3. The molecule has 4 aliphatic carbocycles. The second-order valence-electron chi connectivity index (χ2n) is 7.99. The molecule has 2 saturated carbocycles. The quantitative estimate of drug-likeness (QED) is 0.567. The smallest absolute Gasteiger partial charge is 0.247 e. The molecule has 6 rings (SSSR count). The highest BCUT2D eigenvalue weighted by molar-refractivity contribution is 9.10. The average molecular weight is 450 g/mol. The SMILES string of the molecule is CC(C(=O)Nc1ccc(Br)cc1Cl)N1C(=O)C2C3C=CC(C4CC34)C2C1=O. The molecular weight excluding hydrogens is 432 g/mol. The summed E-state index contributed by atoms with van der Waals surface area (Å²) in [7, 11) is 0. The number of anilines is 1. The minimum absolute atomic E-state index is 0.155. The largest absolute Gasteiger partial charge is 0.323 e. The third-order valence-corrected chi connectivity index (χ3v) is 7.46. The van der Waals surface area contributed by atoms with Gasteiger partial charge in [-0.25, -0.2) is 0 Å². The van der Waals surface area contributed by atoms with Crippen molar-refractivity contribution in [2.24, 2.45) is 35.5 Å². The highest BCUT2D eigenvalue weighted by Gasteiger charge is 2.67. The number of allylic oxidation sites excluding steroid dienone is 2. The van der Waals surface area contributed by atoms with Crippen molar-refractivity contribution in [2.75, 3.05) is 5.32 Å². The number of carbonyl (C=O) groups is 3. The van der Waals surface area contributed by atoms with E-state index >= 15 is 0 Å². The van der Waals surface area contributed by atoms with E-state index in [-0.39, 0.29) is 35.5 Å². The first-order valence-electron chi connectivity index (χ1n) is 9.19. The molecule has 5 aliphatic rings. The van der Waals surface area contributed by atoms with Crippen molar-refractivity contribution >= 4 is 50.9 Å². The molecule has 1 N–H and O–H groups in total. The Hall–Kier alpha value is -1.66. The zero-order chi connectivity index (χ0) is 19.0. The fourth-order valence-electron chi connectivity index (χ4n) is 5.31. The first kappa shape index (κ1) is 17.4. The van der Waals surface area contributed by atoms with Gasteiger partial charge in [0.05, 0.1) is 22.5 Å². The Morgan fingerprint density at radius 3 is 2.33 bits per heavy atom. The third-order valence-electron chi connectivity index (χ3n) is 6.65. The fraction of sp³-hybridized carbons (Fsp3) is 0.450. The molecule has 3 fully saturated rings. The second kappa shape index (κ2) is 5.92. The van der Waals surface area contributed by atoms with Crippen LogP contribution in [0.4, 0.5) is 5.69 Å². The van der Waals surface area contributed by atoms with Crippen LogP contribution >= 0.6 is 27.5 Å². The van der Waals surface area contributed by atoms with E-state index in [4.69, 9.17) is 11.6 Å². The van der Waals surface area contributed by atoms with E-state index in [1.807, 2.05) is 0 Å². The molecule has 0 aromatic heterocycles. The van der Waals surface area contributed by atoms with Crippen LogP contribution in [-0.2, 0) is 14.4 Å². The molecular formula is C20H18BrClN2O3. The van der Waals surface area contributed by atoms with E-state index < -0.39 is 11.9 Å². The molecule has 1 aromatic carbocycles. The van der Waals surface area contributed by atoms with Gasteiger partial charge in [0.2, 0.25) is 17.7 Å². The van der Waals surface area contributed by atoms with Crippen molar-refractivity contribution in [3.63, 3.8) is 0 Å². The number of likely N-dealkylation sites (tertiary alicyclic amines) is 1. The molecule has 1 heterocycles. The van der Waals surface area contributed by atoms with Crippen LogP contribution in [0.1, 0.15) is 13.3 Å². The van der Waals surface area contributed by atoms with Crippen LogP contribution in [0.15, 0.2) is 34.8 Å². The van der Waals surface area contributed by atoms with Gasteiger partial charge in [-0.15, -0.1) is 0 Å². The standard InChI is InChI=1S/C20H18BrClN2O3/c1-8(18(25)23-15-5-2-9(21)6-14(15)22)24-19(26)16-10-3-4-11(13-7-12(10)13)17(16)20(24)27/h2-6,8,10-13,16-17H,7H2,1H3,(H,23,25). The molecule has 3 amide bonds. The molecule has 5 nitrogen and oxygen atoms in total. The maximum atomic E-state index is 13.1. The van der Waals surface area contributed by atoms with Crippen LogP contribution in [0.5, 0.6) is 0 Å². The molecule has 7 heteroatoms. The van der Waals surface area contributed by atoms with Crippen molar-refractivity contribution in [3.8, 4) is 0 Å². The van der Waals surface area contributed by atoms with E-state index in [2.05, 4.69) is 33.4 Å². The van der Waals surface area contributed by atoms with Gasteiger partial charge in [-0.05, 0) is 55.2 Å². The highest BCUT2D eigenvalue weighted by atomic mass is 79.9. The molecule has 7 unspecified atom stereocenters. The predicted octanol–water partition coefficient (Wildman–Crippen LogP) is 3.48. The number of nitrogens with one attached hydrogen (secondary N) is 1. The van der Waals surface area contributed by atoms with E-state index in [9.17, 15) is 14.4 Å². The monoisotopic (exact) mass is 448 g/mol. The summed E-state index contributed by atoms with van der Waals surface area (Å²) in [6.07, 6.45) is 5.37. The lowest BCUT2D eigenvalue weighted by Gasteiger charge is -2.37. The Morgan fingerprint density at radius 2 is 1.78 bits per heavy atom. The molecule has 0 radical (unpaired) electrons. The zero-order valence-electron chi connectivity index (χ0n) is 14.6. The van der Waals surface area contributed by atoms with E-state index in [0.717, 1.165) is 10.9 Å². The van der Waals surface area contributed by atoms with Crippen molar-refractivity contribution in [1.29, 1.82) is 0 Å². The summed E-state index contributed by atoms with van der Waals surface area (Å²) in [6, 6.07) is 4.26. The molecule has 0 spiro atoms. The Bertz CT molecular complexity index is 880. The number of hydrogen-bond donors (Lipinski definition) is 1. The van der Waals surface area contributed by atoms with Gasteiger partial charge in [0.25, 0.3) is 0 Å². The van der Waals surface area contributed by atoms with E-state index in [1.54, 1.807) is 25.1 Å². The van der Waals surface area contributed by atoms with Crippen LogP contribution in [0, 0.1) is 35.5 Å². The summed E-state index contributed by atoms with van der Waals surface area (Å²) in [5.74, 6) is 0.0200. The lowest BCUT2D eigenvalue weighted by Crippen LogP contribution is -2.46. The normalized spacial score (nSPS) is 36.5. The minimum atomic E-state index is -0.869. The van der Waals surface area contributed by atoms with Crippen LogP contribution in [0.25, 0.3) is 0 Å². The Morgan fingerprint density at radius 1 is 1.19 bits per heavy atom. The maximum absolute atomic E-state index is 13.1. The minimum Gasteiger partial charge on any atom is -0.323 e. The topological polar surface area (TPSA) is 66.5 Å². The summed E-state index contributed by atoms with van der Waals surface area (Å²) in [6.45, 7) is 1.60. The summed E-state index contributed by atoms with van der Waals surface area (Å²) in [5.41, 5.74) is 0.455. The molecule has 1 aliphatic heterocycles. The number of benzene rings is 1. The molecule has 27 heavy (non-hydrogen) atoms. The second-order valence-corrected chi connectivity index (χ2v) is 9.31. The van der Waals surface area contributed by atoms with E-state index in [1.165, 1.54) is 4.90 Å². The van der Waals surface area contributed by atoms with E-state index in [0.29, 0.717) is 22.5 Å². The Kier molecular flexibility index (Phi) is 3.82. The number of nitrogens with zero attached hydrogens (tertiary/aromatic N) is 1. The maximum Gasteiger partial charge on any atom is 0.247 e. The molecule has 2 bridgehead atoms. The number of amides is 3. The molecule has 7 atom stereocenters. The fourth-order valence-corrected chi connectivity index (χ4v) is 6.03. The van der Waals surface area contributed by atoms with Gasteiger partial charge in [-0.1, -0.05) is 39.7 Å². The summed E-state index contributed by atoms with van der Waals surface area (Å²) in [5, 5.41) is 3.13. The van der Waals surface area contributed by atoms with Gasteiger partial charge in [-0.3, -0.25) is 19.3 Å². The number of carbonyl (C=O) groups excluding carboxylic acids is 3. The van der Waals surface area contributed by atoms with Gasteiger partial charge < -0.3 is 5.32 Å². The van der Waals surface area contributed by atoms with Gasteiger partial charge in [0.1, 0.15) is 6.04 Å². The Labute approximate surface area is 170 Å². The first-order chi connectivity index (χ1) is 12.9. The van der Waals surface area contributed by atoms with Crippen LogP contribution in [0.3, 0.4) is 0 Å². The van der Waals surface area contributed by atoms with Crippen molar-refractivity contribution in [1.82, 2.24) is 4.90 Å². The number of imide groups is 1. The average Bonchev–Trinajstić information content (AvgIpc) is 3.41. The lowest BCUT2D eigenvalue weighted by atomic mass is 9.63. The highest BCUT2D eigenvalue weighted by Crippen LogP contribution is 2.65. The Balaban J connectivity index is 1.38. The summed E-state index contributed by atoms with van der Waals surface area (Å²) < 4.78 is 0.800. The van der Waals surface area contributed by atoms with Gasteiger partial charge in [-0.2, -0.15) is 0 Å². The van der Waals surface area contributed by atoms with Gasteiger partial charge >= 0.3 is 0 Å². The first-order valence-corrected chi connectivity index (χ1v) is 10.4. The predicted molar refractivity (Wildman–Crippen MR) is 104 cm³/mol. The zero-order valence-corrected chi connectivity index (χ0v) is 16.9. The summed E-state index contributed by atoms with van der Waals surface area (Å²) in [4.78, 5) is 40.1. The van der Waals surface area contributed by atoms with Gasteiger partial charge in [0.15, 0.2) is 0 Å². The van der Waals surface area contributed by atoms with Crippen LogP contribution < -0.4 is 5.32 Å². The lowest BCUT2D eigenvalue weighted by molar-refractivity contribution is -0.146. The molecule has 1 aromatic rings. The van der Waals surface area contributed by atoms with Crippen LogP contribution in [0.2, 0.25) is 5.02 Å². The van der Waals surface area contributed by atoms with Crippen LogP contribution in [-0.4, -0.2) is 28.7 Å². The molecule has 140 valence electrons. The van der Waals surface area contributed by atoms with Crippen molar-refractivity contribution in [2.45, 2.75) is 19.4 Å². The number of rotatable bonds is 3. The third kappa shape index (κ3) is 2.46. The van der Waals surface area contributed by atoms with Gasteiger partial charge in [0, 0.05) is 4.47 Å². The summed E-state index contributed by atoms with van der Waals surface area (Å²) >= 11 is 9.48. The van der Waals surface area contributed by atoms with Crippen molar-refractivity contribution < 1.29 is 14.4 Å². The van der Waals surface area contributed by atoms with Crippen molar-refractivity contribution in [3.05, 3.63) is 39.8 Å².